The standard InChI is InChI=1S/C28H22F3N7O.2H3O4P/c1-17-5-6-19(10-25(17)37-27-33-9-7-24(36-27)20-4-3-8-32-14-20)26(39)35-22-11-21(28(29,30)31)12-23(13-22)38-15-18(2)34-16-38;2*1-5(2,3)4/h3-16H,1-2H3,(H,35,39)(H,33,36,37);2*(H3,1,2,3,4). The van der Waals surface area contributed by atoms with E-state index in [1.807, 2.05) is 13.0 Å². The van der Waals surface area contributed by atoms with Crippen LogP contribution in [0.25, 0.3) is 16.9 Å². The van der Waals surface area contributed by atoms with Crippen molar-refractivity contribution >= 4 is 38.9 Å². The molecule has 3 aromatic heterocycles. The van der Waals surface area contributed by atoms with Crippen molar-refractivity contribution in [3.63, 3.8) is 0 Å². The number of halogens is 3. The third-order valence-electron chi connectivity index (χ3n) is 5.87. The molecule has 49 heavy (non-hydrogen) atoms. The average molecular weight is 726 g/mol. The molecule has 1 amide bonds. The Morgan fingerprint density at radius 2 is 1.55 bits per heavy atom. The first kappa shape index (κ1) is 38.6. The summed E-state index contributed by atoms with van der Waals surface area (Å²) in [7, 11) is -9.28. The molecular formula is C28H28F3N7O9P2. The second kappa shape index (κ2) is 16.0. The van der Waals surface area contributed by atoms with E-state index < -0.39 is 33.3 Å². The fourth-order valence-electron chi connectivity index (χ4n) is 3.87. The minimum absolute atomic E-state index is 0.00114. The first-order valence-corrected chi connectivity index (χ1v) is 16.5. The summed E-state index contributed by atoms with van der Waals surface area (Å²) >= 11 is 0. The van der Waals surface area contributed by atoms with Crippen LogP contribution in [0.4, 0.5) is 30.5 Å². The molecule has 3 heterocycles. The van der Waals surface area contributed by atoms with Gasteiger partial charge in [-0.15, -0.1) is 0 Å². The summed E-state index contributed by atoms with van der Waals surface area (Å²) in [6.45, 7) is 3.58. The Bertz CT molecular complexity index is 1970. The fraction of sp³-hybridized carbons (Fsp3) is 0.107. The fourth-order valence-corrected chi connectivity index (χ4v) is 3.87. The number of carbonyl (C=O) groups excluding carboxylic acids is 1. The van der Waals surface area contributed by atoms with Crippen molar-refractivity contribution in [2.45, 2.75) is 20.0 Å². The van der Waals surface area contributed by atoms with Gasteiger partial charge < -0.3 is 44.6 Å². The van der Waals surface area contributed by atoms with Gasteiger partial charge in [-0.05, 0) is 67.9 Å². The number of anilines is 3. The van der Waals surface area contributed by atoms with Crippen LogP contribution in [-0.4, -0.2) is 59.8 Å². The highest BCUT2D eigenvalue weighted by molar-refractivity contribution is 7.45. The van der Waals surface area contributed by atoms with Gasteiger partial charge in [-0.2, -0.15) is 13.2 Å². The molecule has 0 spiro atoms. The molecule has 21 heteroatoms. The average Bonchev–Trinajstić information content (AvgIpc) is 3.43. The second-order valence-electron chi connectivity index (χ2n) is 9.83. The molecule has 0 radical (unpaired) electrons. The number of imidazole rings is 1. The lowest BCUT2D eigenvalue weighted by Crippen LogP contribution is -2.14. The number of nitrogens with one attached hydrogen (secondary N) is 2. The Balaban J connectivity index is 0.000000571. The molecule has 0 unspecified atom stereocenters. The van der Waals surface area contributed by atoms with E-state index in [1.165, 1.54) is 17.0 Å². The normalized spacial score (nSPS) is 11.4. The number of nitrogens with zero attached hydrogens (tertiary/aromatic N) is 5. The van der Waals surface area contributed by atoms with Crippen LogP contribution >= 0.6 is 15.6 Å². The number of carbonyl (C=O) groups is 1. The van der Waals surface area contributed by atoms with Crippen LogP contribution in [0.15, 0.2) is 85.7 Å². The van der Waals surface area contributed by atoms with Crippen LogP contribution in [0.1, 0.15) is 27.2 Å². The SMILES string of the molecule is Cc1cn(-c2cc(NC(=O)c3ccc(C)c(Nc4nccc(-c5cccnc5)n4)c3)cc(C(F)(F)F)c2)cn1.O=P(O)(O)O.O=P(O)(O)O. The summed E-state index contributed by atoms with van der Waals surface area (Å²) in [6.07, 6.45) is 3.38. The summed E-state index contributed by atoms with van der Waals surface area (Å²) in [6, 6.07) is 13.7. The van der Waals surface area contributed by atoms with Crippen molar-refractivity contribution in [1.82, 2.24) is 24.5 Å². The van der Waals surface area contributed by atoms with Crippen molar-refractivity contribution < 1.29 is 56.5 Å². The molecule has 5 aromatic rings. The molecule has 0 fully saturated rings. The predicted octanol–water partition coefficient (Wildman–Crippen LogP) is 4.50. The van der Waals surface area contributed by atoms with Crippen LogP contribution in [0.3, 0.4) is 0 Å². The quantitative estimate of drug-likeness (QED) is 0.112. The molecule has 0 bridgehead atoms. The molecule has 260 valence electrons. The maximum Gasteiger partial charge on any atom is 0.466 e. The molecule has 5 rings (SSSR count). The summed E-state index contributed by atoms with van der Waals surface area (Å²) in [5.74, 6) is -0.259. The zero-order chi connectivity index (χ0) is 36.6. The first-order valence-electron chi connectivity index (χ1n) is 13.4. The molecule has 16 nitrogen and oxygen atoms in total. The number of pyridine rings is 1. The Labute approximate surface area is 275 Å². The van der Waals surface area contributed by atoms with Crippen molar-refractivity contribution in [3.05, 3.63) is 108 Å². The second-order valence-corrected chi connectivity index (χ2v) is 11.9. The number of aromatic nitrogens is 5. The molecule has 0 saturated carbocycles. The highest BCUT2D eigenvalue weighted by atomic mass is 31.2. The van der Waals surface area contributed by atoms with Crippen LogP contribution < -0.4 is 10.6 Å². The van der Waals surface area contributed by atoms with E-state index in [0.29, 0.717) is 23.0 Å². The lowest BCUT2D eigenvalue weighted by Gasteiger charge is -2.14. The highest BCUT2D eigenvalue weighted by Gasteiger charge is 2.31. The summed E-state index contributed by atoms with van der Waals surface area (Å²) < 4.78 is 60.1. The molecule has 0 atom stereocenters. The van der Waals surface area contributed by atoms with Crippen LogP contribution in [0.2, 0.25) is 0 Å². The third-order valence-corrected chi connectivity index (χ3v) is 5.87. The van der Waals surface area contributed by atoms with E-state index in [4.69, 9.17) is 38.5 Å². The highest BCUT2D eigenvalue weighted by Crippen LogP contribution is 2.33. The van der Waals surface area contributed by atoms with Gasteiger partial charge in [0.25, 0.3) is 5.91 Å². The topological polar surface area (TPSA) is 253 Å². The molecule has 0 aliphatic heterocycles. The zero-order valence-electron chi connectivity index (χ0n) is 25.3. The van der Waals surface area contributed by atoms with Gasteiger partial charge in [-0.25, -0.2) is 24.1 Å². The Morgan fingerprint density at radius 3 is 2.12 bits per heavy atom. The monoisotopic (exact) mass is 725 g/mol. The Morgan fingerprint density at radius 1 is 0.878 bits per heavy atom. The van der Waals surface area contributed by atoms with Gasteiger partial charge in [0.15, 0.2) is 0 Å². The van der Waals surface area contributed by atoms with Gasteiger partial charge in [0.1, 0.15) is 0 Å². The van der Waals surface area contributed by atoms with Gasteiger partial charge in [0, 0.05) is 53.0 Å². The number of aryl methyl sites for hydroxylation is 2. The van der Waals surface area contributed by atoms with Crippen LogP contribution in [0, 0.1) is 13.8 Å². The largest absolute Gasteiger partial charge is 0.466 e. The number of alkyl halides is 3. The molecular weight excluding hydrogens is 697 g/mol. The van der Waals surface area contributed by atoms with E-state index in [-0.39, 0.29) is 16.9 Å². The Hall–Kier alpha value is -4.84. The molecule has 0 aliphatic carbocycles. The van der Waals surface area contributed by atoms with Crippen molar-refractivity contribution in [3.8, 4) is 16.9 Å². The van der Waals surface area contributed by atoms with E-state index in [2.05, 4.69) is 30.6 Å². The van der Waals surface area contributed by atoms with Crippen molar-refractivity contribution in [1.29, 1.82) is 0 Å². The summed E-state index contributed by atoms with van der Waals surface area (Å²) in [5, 5.41) is 5.71. The number of amides is 1. The number of rotatable bonds is 6. The lowest BCUT2D eigenvalue weighted by molar-refractivity contribution is -0.137. The lowest BCUT2D eigenvalue weighted by atomic mass is 10.1. The number of hydrogen-bond donors (Lipinski definition) is 8. The van der Waals surface area contributed by atoms with Gasteiger partial charge >= 0.3 is 21.8 Å². The maximum absolute atomic E-state index is 13.6. The molecule has 2 aromatic carbocycles. The van der Waals surface area contributed by atoms with E-state index in [0.717, 1.165) is 23.3 Å². The van der Waals surface area contributed by atoms with E-state index in [1.54, 1.807) is 62.0 Å². The summed E-state index contributed by atoms with van der Waals surface area (Å²) in [5.41, 5.74) is 3.09. The zero-order valence-corrected chi connectivity index (χ0v) is 27.0. The smallest absolute Gasteiger partial charge is 0.324 e. The number of phosphoric acid groups is 2. The predicted molar refractivity (Wildman–Crippen MR) is 170 cm³/mol. The van der Waals surface area contributed by atoms with Crippen LogP contribution in [0.5, 0.6) is 0 Å². The van der Waals surface area contributed by atoms with Gasteiger partial charge in [0.2, 0.25) is 5.95 Å². The van der Waals surface area contributed by atoms with Crippen LogP contribution in [-0.2, 0) is 15.3 Å². The van der Waals surface area contributed by atoms with Crippen molar-refractivity contribution in [2.24, 2.45) is 0 Å². The van der Waals surface area contributed by atoms with E-state index >= 15 is 0 Å². The first-order chi connectivity index (χ1) is 22.7. The molecule has 8 N–H and O–H groups in total. The van der Waals surface area contributed by atoms with Gasteiger partial charge in [0.05, 0.1) is 23.3 Å². The molecule has 0 aliphatic rings. The van der Waals surface area contributed by atoms with Gasteiger partial charge in [-0.3, -0.25) is 9.78 Å². The van der Waals surface area contributed by atoms with Crippen molar-refractivity contribution in [2.75, 3.05) is 10.6 Å². The summed E-state index contributed by atoms with van der Waals surface area (Å²) in [4.78, 5) is 73.2. The minimum Gasteiger partial charge on any atom is -0.324 e. The number of benzene rings is 2. The molecule has 0 saturated heterocycles. The van der Waals surface area contributed by atoms with E-state index in [9.17, 15) is 18.0 Å². The maximum atomic E-state index is 13.6. The number of hydrogen-bond acceptors (Lipinski definition) is 8. The third kappa shape index (κ3) is 13.7. The van der Waals surface area contributed by atoms with Gasteiger partial charge in [-0.1, -0.05) is 6.07 Å². The Kier molecular flexibility index (Phi) is 12.6. The minimum atomic E-state index is -4.64.